The van der Waals surface area contributed by atoms with Gasteiger partial charge in [-0.1, -0.05) is 12.1 Å². The van der Waals surface area contributed by atoms with Gasteiger partial charge in [0, 0.05) is 12.0 Å². The van der Waals surface area contributed by atoms with Crippen LogP contribution in [0.15, 0.2) is 48.5 Å². The summed E-state index contributed by atoms with van der Waals surface area (Å²) < 4.78 is 15.3. The second-order valence-electron chi connectivity index (χ2n) is 6.22. The first-order valence-corrected chi connectivity index (χ1v) is 8.29. The number of rotatable bonds is 3. The molecular weight excluding hydrogens is 335 g/mol. The van der Waals surface area contributed by atoms with Gasteiger partial charge in [-0.2, -0.15) is 5.10 Å². The Morgan fingerprint density at radius 2 is 1.88 bits per heavy atom. The highest BCUT2D eigenvalue weighted by molar-refractivity contribution is 6.03. The zero-order valence-corrected chi connectivity index (χ0v) is 13.8. The lowest BCUT2D eigenvalue weighted by atomic mass is 9.92. The van der Waals surface area contributed by atoms with E-state index in [1.54, 1.807) is 28.9 Å². The molecule has 0 saturated carbocycles. The Balaban J connectivity index is 1.90. The van der Waals surface area contributed by atoms with Gasteiger partial charge in [0.25, 0.3) is 0 Å². The van der Waals surface area contributed by atoms with Gasteiger partial charge in [0.1, 0.15) is 11.5 Å². The SMILES string of the molecule is O=C(O)c1ccc(-n2nc(-c3cccc(F)c3)c3c2CCCC3=O)cc1. The van der Waals surface area contributed by atoms with Crippen LogP contribution in [-0.2, 0) is 6.42 Å². The van der Waals surface area contributed by atoms with E-state index in [4.69, 9.17) is 5.11 Å². The molecule has 4 rings (SSSR count). The van der Waals surface area contributed by atoms with Crippen LogP contribution >= 0.6 is 0 Å². The molecule has 5 nitrogen and oxygen atoms in total. The Kier molecular flexibility index (Phi) is 3.88. The summed E-state index contributed by atoms with van der Waals surface area (Å²) in [6, 6.07) is 12.3. The number of halogens is 1. The molecule has 0 aliphatic heterocycles. The van der Waals surface area contributed by atoms with E-state index in [9.17, 15) is 14.0 Å². The summed E-state index contributed by atoms with van der Waals surface area (Å²) >= 11 is 0. The number of Topliss-reactive ketones (excluding diaryl/α,β-unsaturated/α-hetero) is 1. The van der Waals surface area contributed by atoms with E-state index in [1.165, 1.54) is 24.3 Å². The van der Waals surface area contributed by atoms with Crippen molar-refractivity contribution in [3.05, 3.63) is 71.2 Å². The Bertz CT molecular complexity index is 1020. The summed E-state index contributed by atoms with van der Waals surface area (Å²) in [7, 11) is 0. The monoisotopic (exact) mass is 350 g/mol. The largest absolute Gasteiger partial charge is 0.478 e. The molecule has 1 aliphatic rings. The zero-order valence-electron chi connectivity index (χ0n) is 13.8. The van der Waals surface area contributed by atoms with Crippen LogP contribution in [0.4, 0.5) is 4.39 Å². The van der Waals surface area contributed by atoms with E-state index in [0.717, 1.165) is 12.1 Å². The molecule has 26 heavy (non-hydrogen) atoms. The number of benzene rings is 2. The summed E-state index contributed by atoms with van der Waals surface area (Å²) in [5.74, 6) is -1.39. The second kappa shape index (κ2) is 6.22. The minimum absolute atomic E-state index is 0.00100. The van der Waals surface area contributed by atoms with Crippen LogP contribution in [-0.4, -0.2) is 26.6 Å². The maximum atomic E-state index is 13.7. The molecule has 0 spiro atoms. The van der Waals surface area contributed by atoms with Crippen molar-refractivity contribution in [1.29, 1.82) is 0 Å². The summed E-state index contributed by atoms with van der Waals surface area (Å²) in [6.07, 6.45) is 1.86. The van der Waals surface area contributed by atoms with Crippen molar-refractivity contribution < 1.29 is 19.1 Å². The standard InChI is InChI=1S/C20H15FN2O3/c21-14-4-1-3-13(11-14)19-18-16(5-2-6-17(18)24)23(22-19)15-9-7-12(8-10-15)20(25)26/h1,3-4,7-11H,2,5-6H2,(H,25,26). The van der Waals surface area contributed by atoms with Crippen LogP contribution in [0, 0.1) is 5.82 Å². The third kappa shape index (κ3) is 2.69. The number of aromatic carboxylic acids is 1. The first-order valence-electron chi connectivity index (χ1n) is 8.29. The number of carbonyl (C=O) groups is 2. The van der Waals surface area contributed by atoms with Crippen molar-refractivity contribution in [3.63, 3.8) is 0 Å². The van der Waals surface area contributed by atoms with Gasteiger partial charge in [-0.25, -0.2) is 13.9 Å². The van der Waals surface area contributed by atoms with E-state index in [2.05, 4.69) is 5.10 Å². The Hall–Kier alpha value is -3.28. The van der Waals surface area contributed by atoms with Crippen LogP contribution in [0.3, 0.4) is 0 Å². The van der Waals surface area contributed by atoms with E-state index in [0.29, 0.717) is 35.3 Å². The van der Waals surface area contributed by atoms with Crippen LogP contribution in [0.1, 0.15) is 39.3 Å². The number of nitrogens with zero attached hydrogens (tertiary/aromatic N) is 2. The topological polar surface area (TPSA) is 72.2 Å². The smallest absolute Gasteiger partial charge is 0.335 e. The van der Waals surface area contributed by atoms with Gasteiger partial charge in [0.15, 0.2) is 5.78 Å². The van der Waals surface area contributed by atoms with Gasteiger partial charge in [-0.3, -0.25) is 4.79 Å². The summed E-state index contributed by atoms with van der Waals surface area (Å²) in [4.78, 5) is 23.6. The van der Waals surface area contributed by atoms with Gasteiger partial charge in [-0.05, 0) is 49.2 Å². The molecule has 1 aliphatic carbocycles. The number of fused-ring (bicyclic) bond motifs is 1. The predicted octanol–water partition coefficient (Wildman–Crippen LogP) is 3.90. The minimum Gasteiger partial charge on any atom is -0.478 e. The average Bonchev–Trinajstić information content (AvgIpc) is 3.03. The highest BCUT2D eigenvalue weighted by Gasteiger charge is 2.28. The lowest BCUT2D eigenvalue weighted by Crippen LogP contribution is -2.13. The quantitative estimate of drug-likeness (QED) is 0.778. The maximum Gasteiger partial charge on any atom is 0.335 e. The molecule has 6 heteroatoms. The fourth-order valence-electron chi connectivity index (χ4n) is 3.31. The molecule has 0 atom stereocenters. The number of hydrogen-bond donors (Lipinski definition) is 1. The Morgan fingerprint density at radius 1 is 1.12 bits per heavy atom. The van der Waals surface area contributed by atoms with Gasteiger partial charge in [0.2, 0.25) is 0 Å². The number of carbonyl (C=O) groups excluding carboxylic acids is 1. The molecular formula is C20H15FN2O3. The molecule has 0 fully saturated rings. The molecule has 2 aromatic carbocycles. The van der Waals surface area contributed by atoms with Crippen molar-refractivity contribution in [2.75, 3.05) is 0 Å². The molecule has 3 aromatic rings. The Morgan fingerprint density at radius 3 is 2.58 bits per heavy atom. The third-order valence-corrected chi connectivity index (χ3v) is 4.53. The van der Waals surface area contributed by atoms with Crippen LogP contribution in [0.25, 0.3) is 16.9 Å². The van der Waals surface area contributed by atoms with Crippen molar-refractivity contribution in [2.45, 2.75) is 19.3 Å². The predicted molar refractivity (Wildman–Crippen MR) is 93.2 cm³/mol. The fourth-order valence-corrected chi connectivity index (χ4v) is 3.31. The first-order chi connectivity index (χ1) is 12.5. The summed E-state index contributed by atoms with van der Waals surface area (Å²) in [5.41, 5.74) is 3.18. The molecule has 1 aromatic heterocycles. The molecule has 1 N–H and O–H groups in total. The summed E-state index contributed by atoms with van der Waals surface area (Å²) in [6.45, 7) is 0. The van der Waals surface area contributed by atoms with Crippen LogP contribution in [0.2, 0.25) is 0 Å². The molecule has 0 unspecified atom stereocenters. The highest BCUT2D eigenvalue weighted by Crippen LogP contribution is 2.33. The number of aromatic nitrogens is 2. The van der Waals surface area contributed by atoms with Crippen molar-refractivity contribution in [3.8, 4) is 16.9 Å². The van der Waals surface area contributed by atoms with E-state index >= 15 is 0 Å². The molecule has 130 valence electrons. The van der Waals surface area contributed by atoms with Crippen LogP contribution in [0.5, 0.6) is 0 Å². The maximum absolute atomic E-state index is 13.7. The number of hydrogen-bond acceptors (Lipinski definition) is 3. The van der Waals surface area contributed by atoms with E-state index in [-0.39, 0.29) is 17.2 Å². The molecule has 0 amide bonds. The molecule has 0 saturated heterocycles. The summed E-state index contributed by atoms with van der Waals surface area (Å²) in [5, 5.41) is 13.6. The molecule has 0 bridgehead atoms. The van der Waals surface area contributed by atoms with Crippen molar-refractivity contribution >= 4 is 11.8 Å². The van der Waals surface area contributed by atoms with Gasteiger partial charge < -0.3 is 5.11 Å². The average molecular weight is 350 g/mol. The molecule has 0 radical (unpaired) electrons. The number of carboxylic acids is 1. The van der Waals surface area contributed by atoms with Crippen molar-refractivity contribution in [2.24, 2.45) is 0 Å². The van der Waals surface area contributed by atoms with E-state index in [1.807, 2.05) is 0 Å². The van der Waals surface area contributed by atoms with Gasteiger partial charge >= 0.3 is 5.97 Å². The lowest BCUT2D eigenvalue weighted by Gasteiger charge is -2.13. The lowest BCUT2D eigenvalue weighted by molar-refractivity contribution is 0.0696. The zero-order chi connectivity index (χ0) is 18.3. The first kappa shape index (κ1) is 16.2. The second-order valence-corrected chi connectivity index (χ2v) is 6.22. The van der Waals surface area contributed by atoms with E-state index < -0.39 is 5.97 Å². The number of ketones is 1. The highest BCUT2D eigenvalue weighted by atomic mass is 19.1. The normalized spacial score (nSPS) is 13.5. The van der Waals surface area contributed by atoms with Gasteiger partial charge in [0.05, 0.1) is 22.5 Å². The number of carboxylic acid groups (broad SMARTS) is 1. The van der Waals surface area contributed by atoms with Crippen molar-refractivity contribution in [1.82, 2.24) is 9.78 Å². The fraction of sp³-hybridized carbons (Fsp3) is 0.150. The third-order valence-electron chi connectivity index (χ3n) is 4.53. The van der Waals surface area contributed by atoms with Gasteiger partial charge in [-0.15, -0.1) is 0 Å². The Labute approximate surface area is 148 Å². The minimum atomic E-state index is -1.00. The molecule has 1 heterocycles. The van der Waals surface area contributed by atoms with Crippen LogP contribution < -0.4 is 0 Å².